The molecule has 4 rings (SSSR count). The number of hydrogen-bond acceptors (Lipinski definition) is 4. The summed E-state index contributed by atoms with van der Waals surface area (Å²) in [6, 6.07) is 7.14. The van der Waals surface area contributed by atoms with Crippen molar-refractivity contribution in [1.29, 1.82) is 0 Å². The maximum absolute atomic E-state index is 12.8. The molecule has 2 heterocycles. The minimum atomic E-state index is -0.137. The monoisotopic (exact) mass is 387 g/mol. The molecule has 6 nitrogen and oxygen atoms in total. The molecule has 1 spiro atoms. The lowest BCUT2D eigenvalue weighted by Gasteiger charge is -2.42. The van der Waals surface area contributed by atoms with Crippen molar-refractivity contribution in [3.05, 3.63) is 29.8 Å². The average molecular weight is 388 g/mol. The van der Waals surface area contributed by atoms with Crippen LogP contribution in [-0.2, 0) is 9.59 Å². The summed E-state index contributed by atoms with van der Waals surface area (Å²) in [7, 11) is 1.87. The van der Waals surface area contributed by atoms with E-state index < -0.39 is 0 Å². The molecule has 1 saturated carbocycles. The van der Waals surface area contributed by atoms with E-state index in [-0.39, 0.29) is 28.5 Å². The summed E-state index contributed by atoms with van der Waals surface area (Å²) < 4.78 is 0. The van der Waals surface area contributed by atoms with Crippen molar-refractivity contribution >= 4 is 35.2 Å². The highest BCUT2D eigenvalue weighted by Gasteiger charge is 2.46. The number of thioether (sulfide) groups is 1. The first kappa shape index (κ1) is 18.3. The standard InChI is InChI=1S/C20H25N3O3S/c1-13-11-16(13)18(25)21-15-5-3-14(4-6-15)19(26)23-9-7-20(8-10-23)22(2)17(24)12-27-20/h3-6,13,16H,7-12H2,1-2H3,(H,21,25)/t13-,16-/m1/s1. The minimum absolute atomic E-state index is 0.00974. The molecule has 7 heteroatoms. The molecule has 3 aliphatic rings. The van der Waals surface area contributed by atoms with Crippen LogP contribution in [0.5, 0.6) is 0 Å². The van der Waals surface area contributed by atoms with Crippen LogP contribution in [0.4, 0.5) is 5.69 Å². The fraction of sp³-hybridized carbons (Fsp3) is 0.550. The van der Waals surface area contributed by atoms with Crippen LogP contribution in [0.1, 0.15) is 36.5 Å². The van der Waals surface area contributed by atoms with E-state index in [2.05, 4.69) is 12.2 Å². The van der Waals surface area contributed by atoms with E-state index >= 15 is 0 Å². The summed E-state index contributed by atoms with van der Waals surface area (Å²) in [5.41, 5.74) is 1.36. The Hall–Kier alpha value is -2.02. The molecule has 1 aliphatic carbocycles. The predicted octanol–water partition coefficient (Wildman–Crippen LogP) is 2.42. The Bertz CT molecular complexity index is 771. The molecule has 3 amide bonds. The van der Waals surface area contributed by atoms with E-state index in [0.717, 1.165) is 24.9 Å². The molecule has 0 bridgehead atoms. The van der Waals surface area contributed by atoms with Crippen molar-refractivity contribution in [3.63, 3.8) is 0 Å². The number of piperidine rings is 1. The number of carbonyl (C=O) groups excluding carboxylic acids is 3. The maximum atomic E-state index is 12.8. The molecule has 2 aliphatic heterocycles. The Morgan fingerprint density at radius 3 is 2.33 bits per heavy atom. The van der Waals surface area contributed by atoms with Gasteiger partial charge in [0.2, 0.25) is 11.8 Å². The molecule has 144 valence electrons. The van der Waals surface area contributed by atoms with Gasteiger partial charge >= 0.3 is 0 Å². The summed E-state index contributed by atoms with van der Waals surface area (Å²) in [6.07, 6.45) is 2.57. The van der Waals surface area contributed by atoms with Crippen LogP contribution in [0.15, 0.2) is 24.3 Å². The van der Waals surface area contributed by atoms with Crippen molar-refractivity contribution in [1.82, 2.24) is 9.80 Å². The molecule has 2 saturated heterocycles. The van der Waals surface area contributed by atoms with Crippen LogP contribution in [0.3, 0.4) is 0 Å². The molecule has 0 radical (unpaired) electrons. The lowest BCUT2D eigenvalue weighted by atomic mass is 10.0. The van der Waals surface area contributed by atoms with E-state index in [9.17, 15) is 14.4 Å². The minimum Gasteiger partial charge on any atom is -0.338 e. The van der Waals surface area contributed by atoms with Crippen LogP contribution in [0.2, 0.25) is 0 Å². The topological polar surface area (TPSA) is 69.7 Å². The summed E-state index contributed by atoms with van der Waals surface area (Å²) in [5.74, 6) is 1.40. The number of hydrogen-bond donors (Lipinski definition) is 1. The number of likely N-dealkylation sites (tertiary alicyclic amines) is 1. The fourth-order valence-electron chi connectivity index (χ4n) is 3.96. The van der Waals surface area contributed by atoms with E-state index in [1.807, 2.05) is 16.8 Å². The van der Waals surface area contributed by atoms with Crippen molar-refractivity contribution in [2.45, 2.75) is 31.1 Å². The number of nitrogens with zero attached hydrogens (tertiary/aromatic N) is 2. The Balaban J connectivity index is 1.35. The second-order valence-corrected chi connectivity index (χ2v) is 9.20. The van der Waals surface area contributed by atoms with Gasteiger partial charge in [0.15, 0.2) is 0 Å². The smallest absolute Gasteiger partial charge is 0.253 e. The normalized spacial score (nSPS) is 26.4. The van der Waals surface area contributed by atoms with E-state index in [1.165, 1.54) is 0 Å². The largest absolute Gasteiger partial charge is 0.338 e. The number of carbonyl (C=O) groups is 3. The number of nitrogens with one attached hydrogen (secondary N) is 1. The Morgan fingerprint density at radius 2 is 1.81 bits per heavy atom. The highest BCUT2D eigenvalue weighted by molar-refractivity contribution is 8.01. The highest BCUT2D eigenvalue weighted by atomic mass is 32.2. The zero-order chi connectivity index (χ0) is 19.2. The summed E-state index contributed by atoms with van der Waals surface area (Å²) >= 11 is 1.70. The highest BCUT2D eigenvalue weighted by Crippen LogP contribution is 2.43. The molecule has 0 unspecified atom stereocenters. The quantitative estimate of drug-likeness (QED) is 0.865. The van der Waals surface area contributed by atoms with E-state index in [4.69, 9.17) is 0 Å². The average Bonchev–Trinajstić information content (AvgIpc) is 3.36. The first-order valence-electron chi connectivity index (χ1n) is 9.50. The lowest BCUT2D eigenvalue weighted by molar-refractivity contribution is -0.129. The van der Waals surface area contributed by atoms with Gasteiger partial charge in [-0.25, -0.2) is 0 Å². The van der Waals surface area contributed by atoms with Gasteiger partial charge in [-0.3, -0.25) is 14.4 Å². The molecular formula is C20H25N3O3S. The molecule has 2 atom stereocenters. The summed E-state index contributed by atoms with van der Waals surface area (Å²) in [5, 5.41) is 2.92. The van der Waals surface area contributed by atoms with Crippen LogP contribution >= 0.6 is 11.8 Å². The number of rotatable bonds is 3. The third-order valence-electron chi connectivity index (χ3n) is 6.13. The third-order valence-corrected chi connectivity index (χ3v) is 7.74. The van der Waals surface area contributed by atoms with Gasteiger partial charge in [0, 0.05) is 37.3 Å². The summed E-state index contributed by atoms with van der Waals surface area (Å²) in [4.78, 5) is 40.2. The van der Waals surface area contributed by atoms with Crippen molar-refractivity contribution in [2.75, 3.05) is 31.2 Å². The van der Waals surface area contributed by atoms with E-state index in [1.54, 1.807) is 36.0 Å². The molecular weight excluding hydrogens is 362 g/mol. The fourth-order valence-corrected chi connectivity index (χ4v) is 5.31. The van der Waals surface area contributed by atoms with Gasteiger partial charge in [0.25, 0.3) is 5.91 Å². The Morgan fingerprint density at radius 1 is 1.19 bits per heavy atom. The molecule has 1 N–H and O–H groups in total. The van der Waals surface area contributed by atoms with Gasteiger partial charge in [0.05, 0.1) is 10.6 Å². The van der Waals surface area contributed by atoms with Gasteiger partial charge in [-0.05, 0) is 49.4 Å². The van der Waals surface area contributed by atoms with Crippen molar-refractivity contribution in [2.24, 2.45) is 11.8 Å². The van der Waals surface area contributed by atoms with Crippen LogP contribution < -0.4 is 5.32 Å². The second kappa shape index (κ2) is 6.86. The first-order chi connectivity index (χ1) is 12.9. The van der Waals surface area contributed by atoms with Gasteiger partial charge < -0.3 is 15.1 Å². The SMILES string of the molecule is C[C@@H]1C[C@H]1C(=O)Nc1ccc(C(=O)N2CCC3(CC2)SCC(=O)N3C)cc1. The third kappa shape index (κ3) is 3.45. The Labute approximate surface area is 163 Å². The number of benzene rings is 1. The van der Waals surface area contributed by atoms with Gasteiger partial charge in [-0.1, -0.05) is 6.92 Å². The molecule has 27 heavy (non-hydrogen) atoms. The lowest BCUT2D eigenvalue weighted by Crippen LogP contribution is -2.51. The molecule has 3 fully saturated rings. The predicted molar refractivity (Wildman–Crippen MR) is 105 cm³/mol. The number of anilines is 1. The van der Waals surface area contributed by atoms with Crippen LogP contribution in [0.25, 0.3) is 0 Å². The molecule has 1 aromatic carbocycles. The molecule has 1 aromatic rings. The van der Waals surface area contributed by atoms with E-state index in [0.29, 0.717) is 30.3 Å². The van der Waals surface area contributed by atoms with Gasteiger partial charge in [-0.15, -0.1) is 11.8 Å². The van der Waals surface area contributed by atoms with Crippen molar-refractivity contribution in [3.8, 4) is 0 Å². The molecule has 0 aromatic heterocycles. The summed E-state index contributed by atoms with van der Waals surface area (Å²) in [6.45, 7) is 3.38. The van der Waals surface area contributed by atoms with Crippen LogP contribution in [-0.4, -0.2) is 58.3 Å². The Kier molecular flexibility index (Phi) is 4.66. The maximum Gasteiger partial charge on any atom is 0.253 e. The number of amides is 3. The second-order valence-electron chi connectivity index (χ2n) is 7.87. The zero-order valence-electron chi connectivity index (χ0n) is 15.7. The van der Waals surface area contributed by atoms with Gasteiger partial charge in [-0.2, -0.15) is 0 Å². The van der Waals surface area contributed by atoms with Gasteiger partial charge in [0.1, 0.15) is 0 Å². The van der Waals surface area contributed by atoms with Crippen molar-refractivity contribution < 1.29 is 14.4 Å². The first-order valence-corrected chi connectivity index (χ1v) is 10.5. The van der Waals surface area contributed by atoms with Crippen LogP contribution in [0, 0.1) is 11.8 Å². The zero-order valence-corrected chi connectivity index (χ0v) is 16.6.